The van der Waals surface area contributed by atoms with Crippen molar-refractivity contribution in [1.82, 2.24) is 9.97 Å². The highest BCUT2D eigenvalue weighted by molar-refractivity contribution is 9.10. The van der Waals surface area contributed by atoms with Gasteiger partial charge in [-0.1, -0.05) is 6.07 Å². The summed E-state index contributed by atoms with van der Waals surface area (Å²) in [5, 5.41) is 0. The van der Waals surface area contributed by atoms with Gasteiger partial charge in [-0.2, -0.15) is 0 Å². The molecule has 132 valence electrons. The predicted molar refractivity (Wildman–Crippen MR) is 90.1 cm³/mol. The monoisotopic (exact) mass is 421 g/mol. The summed E-state index contributed by atoms with van der Waals surface area (Å²) in [4.78, 5) is 20.5. The summed E-state index contributed by atoms with van der Waals surface area (Å²) in [6.45, 7) is 0. The normalized spacial score (nSPS) is 15.8. The fourth-order valence-electron chi connectivity index (χ4n) is 2.82. The molecule has 2 N–H and O–H groups in total. The Bertz CT molecular complexity index is 1040. The number of furan rings is 1. The minimum atomic E-state index is -0.861. The molecule has 0 aliphatic carbocycles. The number of aromatic nitrogens is 2. The maximum atomic E-state index is 13.9. The van der Waals surface area contributed by atoms with Crippen molar-refractivity contribution in [3.63, 3.8) is 0 Å². The molecular weight excluding hydrogens is 412 g/mol. The number of hydrogen-bond donors (Lipinski definition) is 1. The number of nitrogen functional groups attached to an aromatic ring is 1. The Hall–Kier alpha value is -2.81. The topological polar surface area (TPSA) is 91.2 Å². The lowest BCUT2D eigenvalue weighted by Crippen LogP contribution is -2.08. The van der Waals surface area contributed by atoms with Crippen molar-refractivity contribution in [3.8, 4) is 11.5 Å². The quantitative estimate of drug-likeness (QED) is 0.646. The lowest BCUT2D eigenvalue weighted by atomic mass is 10.0. The third kappa shape index (κ3) is 2.84. The van der Waals surface area contributed by atoms with Crippen molar-refractivity contribution in [2.75, 3.05) is 5.73 Å². The molecule has 1 aliphatic heterocycles. The van der Waals surface area contributed by atoms with E-state index >= 15 is 0 Å². The molecule has 6 nitrogen and oxygen atoms in total. The number of carbonyl (C=O) groups excluding carboxylic acids is 1. The number of benzene rings is 1. The number of cyclic esters (lactones) is 1. The fraction of sp³-hybridized carbons (Fsp3) is 0.118. The molecule has 1 unspecified atom stereocenters. The smallest absolute Gasteiger partial charge is 0.343 e. The highest BCUT2D eigenvalue weighted by Crippen LogP contribution is 2.38. The molecule has 0 saturated carbocycles. The number of esters is 1. The molecular formula is C17H10BrF2N3O3. The van der Waals surface area contributed by atoms with Gasteiger partial charge in [0.05, 0.1) is 0 Å². The molecule has 4 rings (SSSR count). The number of nitrogens with two attached hydrogens (primary N) is 1. The van der Waals surface area contributed by atoms with Crippen molar-refractivity contribution in [2.45, 2.75) is 12.5 Å². The summed E-state index contributed by atoms with van der Waals surface area (Å²) < 4.78 is 38.3. The number of ether oxygens (including phenoxy) is 1. The number of rotatable bonds is 3. The Labute approximate surface area is 154 Å². The summed E-state index contributed by atoms with van der Waals surface area (Å²) in [7, 11) is 0. The second-order valence-electron chi connectivity index (χ2n) is 5.63. The highest BCUT2D eigenvalue weighted by atomic mass is 79.9. The van der Waals surface area contributed by atoms with Gasteiger partial charge in [-0.25, -0.2) is 23.5 Å². The summed E-state index contributed by atoms with van der Waals surface area (Å²) in [6.07, 6.45) is -0.873. The SMILES string of the molecule is Nc1nc(-c2ccc(Br)o2)c2c(n1)C(Cc1ccc(F)cc1F)OC2=O. The average molecular weight is 422 g/mol. The summed E-state index contributed by atoms with van der Waals surface area (Å²) in [5.74, 6) is -1.84. The van der Waals surface area contributed by atoms with Crippen LogP contribution in [0.1, 0.15) is 27.7 Å². The molecule has 26 heavy (non-hydrogen) atoms. The van der Waals surface area contributed by atoms with E-state index in [9.17, 15) is 13.6 Å². The summed E-state index contributed by atoms with van der Waals surface area (Å²) in [5.41, 5.74) is 6.51. The van der Waals surface area contributed by atoms with Crippen LogP contribution in [-0.2, 0) is 11.2 Å². The van der Waals surface area contributed by atoms with Crippen LogP contribution in [0.4, 0.5) is 14.7 Å². The zero-order valence-electron chi connectivity index (χ0n) is 13.0. The van der Waals surface area contributed by atoms with E-state index in [-0.39, 0.29) is 34.9 Å². The fourth-order valence-corrected chi connectivity index (χ4v) is 3.13. The van der Waals surface area contributed by atoms with Gasteiger partial charge in [0.2, 0.25) is 5.95 Å². The Morgan fingerprint density at radius 2 is 2.00 bits per heavy atom. The number of hydrogen-bond acceptors (Lipinski definition) is 6. The molecule has 3 aromatic rings. The Balaban J connectivity index is 1.78. The number of fused-ring (bicyclic) bond motifs is 1. The summed E-state index contributed by atoms with van der Waals surface area (Å²) >= 11 is 3.18. The molecule has 0 saturated heterocycles. The van der Waals surface area contributed by atoms with Crippen LogP contribution < -0.4 is 5.73 Å². The molecule has 0 bridgehead atoms. The standard InChI is InChI=1S/C17H10BrF2N3O3/c18-12-4-3-10(25-12)14-13-15(23-17(21)22-14)11(26-16(13)24)5-7-1-2-8(19)6-9(7)20/h1-4,6,11H,5H2,(H2,21,22,23). The average Bonchev–Trinajstić information content (AvgIpc) is 3.14. The predicted octanol–water partition coefficient (Wildman–Crippen LogP) is 3.81. The van der Waals surface area contributed by atoms with Gasteiger partial charge in [-0.3, -0.25) is 0 Å². The molecule has 0 amide bonds. The minimum Gasteiger partial charge on any atom is -0.452 e. The molecule has 1 aliphatic rings. The summed E-state index contributed by atoms with van der Waals surface area (Å²) in [6, 6.07) is 6.47. The number of nitrogens with zero attached hydrogens (tertiary/aromatic N) is 2. The van der Waals surface area contributed by atoms with E-state index < -0.39 is 23.7 Å². The molecule has 0 fully saturated rings. The number of halogens is 3. The second kappa shape index (κ2) is 6.17. The first-order valence-corrected chi connectivity index (χ1v) is 8.29. The van der Waals surface area contributed by atoms with E-state index in [0.717, 1.165) is 12.1 Å². The van der Waals surface area contributed by atoms with Crippen molar-refractivity contribution >= 4 is 27.8 Å². The third-order valence-electron chi connectivity index (χ3n) is 3.94. The van der Waals surface area contributed by atoms with Crippen LogP contribution in [0.5, 0.6) is 0 Å². The van der Waals surface area contributed by atoms with Crippen LogP contribution >= 0.6 is 15.9 Å². The number of anilines is 1. The maximum absolute atomic E-state index is 13.9. The largest absolute Gasteiger partial charge is 0.452 e. The van der Waals surface area contributed by atoms with Gasteiger partial charge in [-0.15, -0.1) is 0 Å². The minimum absolute atomic E-state index is 0.0113. The van der Waals surface area contributed by atoms with Crippen LogP contribution in [0, 0.1) is 11.6 Å². The van der Waals surface area contributed by atoms with Crippen LogP contribution in [0.15, 0.2) is 39.4 Å². The van der Waals surface area contributed by atoms with Crippen LogP contribution in [0.3, 0.4) is 0 Å². The van der Waals surface area contributed by atoms with Crippen molar-refractivity contribution in [1.29, 1.82) is 0 Å². The molecule has 3 heterocycles. The lowest BCUT2D eigenvalue weighted by molar-refractivity contribution is 0.0381. The first-order chi connectivity index (χ1) is 12.4. The maximum Gasteiger partial charge on any atom is 0.343 e. The van der Waals surface area contributed by atoms with Crippen molar-refractivity contribution in [3.05, 3.63) is 63.5 Å². The van der Waals surface area contributed by atoms with Crippen molar-refractivity contribution < 1.29 is 22.7 Å². The van der Waals surface area contributed by atoms with Crippen LogP contribution in [0.25, 0.3) is 11.5 Å². The molecule has 1 atom stereocenters. The van der Waals surface area contributed by atoms with Gasteiger partial charge in [-0.05, 0) is 39.7 Å². The van der Waals surface area contributed by atoms with E-state index in [1.807, 2.05) is 0 Å². The Kier molecular flexibility index (Phi) is 3.95. The Morgan fingerprint density at radius 1 is 1.19 bits per heavy atom. The molecule has 1 aromatic carbocycles. The third-order valence-corrected chi connectivity index (χ3v) is 4.37. The molecule has 9 heteroatoms. The zero-order valence-corrected chi connectivity index (χ0v) is 14.6. The van der Waals surface area contributed by atoms with Gasteiger partial charge in [0.1, 0.15) is 34.7 Å². The van der Waals surface area contributed by atoms with Crippen molar-refractivity contribution in [2.24, 2.45) is 0 Å². The Morgan fingerprint density at radius 3 is 2.69 bits per heavy atom. The first-order valence-electron chi connectivity index (χ1n) is 7.50. The molecule has 0 spiro atoms. The van der Waals surface area contributed by atoms with Gasteiger partial charge in [0.15, 0.2) is 10.4 Å². The molecule has 2 aromatic heterocycles. The van der Waals surface area contributed by atoms with Crippen LogP contribution in [0.2, 0.25) is 0 Å². The lowest BCUT2D eigenvalue weighted by Gasteiger charge is -2.11. The van der Waals surface area contributed by atoms with Crippen LogP contribution in [-0.4, -0.2) is 15.9 Å². The zero-order chi connectivity index (χ0) is 18.4. The second-order valence-corrected chi connectivity index (χ2v) is 6.41. The van der Waals surface area contributed by atoms with Gasteiger partial charge in [0, 0.05) is 12.5 Å². The van der Waals surface area contributed by atoms with E-state index in [0.29, 0.717) is 10.4 Å². The van der Waals surface area contributed by atoms with Gasteiger partial charge < -0.3 is 14.9 Å². The van der Waals surface area contributed by atoms with E-state index in [1.54, 1.807) is 12.1 Å². The van der Waals surface area contributed by atoms with Gasteiger partial charge >= 0.3 is 5.97 Å². The first kappa shape index (κ1) is 16.6. The molecule has 0 radical (unpaired) electrons. The number of carbonyl (C=O) groups is 1. The highest BCUT2D eigenvalue weighted by Gasteiger charge is 2.38. The van der Waals surface area contributed by atoms with E-state index in [1.165, 1.54) is 6.07 Å². The van der Waals surface area contributed by atoms with Gasteiger partial charge in [0.25, 0.3) is 0 Å². The van der Waals surface area contributed by atoms with E-state index in [2.05, 4.69) is 25.9 Å². The van der Waals surface area contributed by atoms with E-state index in [4.69, 9.17) is 14.9 Å².